The second-order valence-electron chi connectivity index (χ2n) is 4.10. The molecule has 0 saturated carbocycles. The summed E-state index contributed by atoms with van der Waals surface area (Å²) in [6.07, 6.45) is 1.77. The van der Waals surface area contributed by atoms with Crippen molar-refractivity contribution >= 4 is 17.4 Å². The summed E-state index contributed by atoms with van der Waals surface area (Å²) in [5.41, 5.74) is 0.805. The molecule has 1 aromatic heterocycles. The SMILES string of the molecule is C=CCn1c(C)nnc1SCc1ccccc1[N+](=O)[O-]. The summed E-state index contributed by atoms with van der Waals surface area (Å²) in [4.78, 5) is 10.6. The lowest BCUT2D eigenvalue weighted by Crippen LogP contribution is -2.00. The van der Waals surface area contributed by atoms with Gasteiger partial charge in [-0.1, -0.05) is 36.0 Å². The molecule has 20 heavy (non-hydrogen) atoms. The topological polar surface area (TPSA) is 73.8 Å². The minimum atomic E-state index is -0.365. The third-order valence-electron chi connectivity index (χ3n) is 2.76. The normalized spacial score (nSPS) is 10.4. The molecule has 0 unspecified atom stereocenters. The van der Waals surface area contributed by atoms with Crippen molar-refractivity contribution in [2.45, 2.75) is 24.4 Å². The van der Waals surface area contributed by atoms with Crippen molar-refractivity contribution in [3.63, 3.8) is 0 Å². The fraction of sp³-hybridized carbons (Fsp3) is 0.231. The molecule has 0 radical (unpaired) electrons. The molecule has 2 aromatic rings. The van der Waals surface area contributed by atoms with E-state index in [2.05, 4.69) is 16.8 Å². The van der Waals surface area contributed by atoms with Crippen LogP contribution < -0.4 is 0 Å². The maximum atomic E-state index is 11.0. The van der Waals surface area contributed by atoms with Gasteiger partial charge in [0.1, 0.15) is 5.82 Å². The van der Waals surface area contributed by atoms with Crippen molar-refractivity contribution in [1.82, 2.24) is 14.8 Å². The van der Waals surface area contributed by atoms with Crippen molar-refractivity contribution in [3.05, 3.63) is 58.4 Å². The fourth-order valence-electron chi connectivity index (χ4n) is 1.76. The molecule has 7 heteroatoms. The summed E-state index contributed by atoms with van der Waals surface area (Å²) < 4.78 is 1.92. The molecule has 0 saturated heterocycles. The van der Waals surface area contributed by atoms with Crippen LogP contribution >= 0.6 is 11.8 Å². The summed E-state index contributed by atoms with van der Waals surface area (Å²) in [5.74, 6) is 1.28. The van der Waals surface area contributed by atoms with Crippen LogP contribution in [-0.4, -0.2) is 19.7 Å². The van der Waals surface area contributed by atoms with Crippen LogP contribution in [0, 0.1) is 17.0 Å². The zero-order valence-electron chi connectivity index (χ0n) is 11.0. The van der Waals surface area contributed by atoms with Crippen LogP contribution in [0.2, 0.25) is 0 Å². The molecule has 2 rings (SSSR count). The van der Waals surface area contributed by atoms with Gasteiger partial charge in [-0.15, -0.1) is 16.8 Å². The molecule has 0 aliphatic rings. The van der Waals surface area contributed by atoms with E-state index in [0.29, 0.717) is 17.9 Å². The van der Waals surface area contributed by atoms with E-state index in [4.69, 9.17) is 0 Å². The highest BCUT2D eigenvalue weighted by molar-refractivity contribution is 7.98. The Morgan fingerprint density at radius 1 is 1.45 bits per heavy atom. The molecule has 0 atom stereocenters. The van der Waals surface area contributed by atoms with Gasteiger partial charge in [0.15, 0.2) is 5.16 Å². The molecule has 0 N–H and O–H groups in total. The third-order valence-corrected chi connectivity index (χ3v) is 3.77. The first-order chi connectivity index (χ1) is 9.63. The number of thioether (sulfide) groups is 1. The molecule has 0 amide bonds. The van der Waals surface area contributed by atoms with Gasteiger partial charge in [0, 0.05) is 23.9 Å². The van der Waals surface area contributed by atoms with E-state index in [0.717, 1.165) is 11.0 Å². The Labute approximate surface area is 120 Å². The van der Waals surface area contributed by atoms with Gasteiger partial charge < -0.3 is 4.57 Å². The van der Waals surface area contributed by atoms with Crippen molar-refractivity contribution in [3.8, 4) is 0 Å². The molecule has 1 heterocycles. The van der Waals surface area contributed by atoms with Gasteiger partial charge in [0.05, 0.1) is 4.92 Å². The van der Waals surface area contributed by atoms with Crippen molar-refractivity contribution in [2.75, 3.05) is 0 Å². The average Bonchev–Trinajstić information content (AvgIpc) is 2.78. The van der Waals surface area contributed by atoms with Gasteiger partial charge in [-0.05, 0) is 6.92 Å². The van der Waals surface area contributed by atoms with Crippen molar-refractivity contribution in [2.24, 2.45) is 0 Å². The Bertz CT molecular complexity index is 639. The van der Waals surface area contributed by atoms with Crippen LogP contribution in [0.5, 0.6) is 0 Å². The van der Waals surface area contributed by atoms with E-state index >= 15 is 0 Å². The van der Waals surface area contributed by atoms with Gasteiger partial charge in [-0.3, -0.25) is 10.1 Å². The lowest BCUT2D eigenvalue weighted by atomic mass is 10.2. The number of benzene rings is 1. The van der Waals surface area contributed by atoms with E-state index in [1.54, 1.807) is 24.3 Å². The largest absolute Gasteiger partial charge is 0.302 e. The Kier molecular flexibility index (Phi) is 4.52. The molecular weight excluding hydrogens is 276 g/mol. The standard InChI is InChI=1S/C13H14N4O2S/c1-3-8-16-10(2)14-15-13(16)20-9-11-6-4-5-7-12(11)17(18)19/h3-7H,1,8-9H2,2H3. The monoisotopic (exact) mass is 290 g/mol. The van der Waals surface area contributed by atoms with Crippen LogP contribution in [0.3, 0.4) is 0 Å². The van der Waals surface area contributed by atoms with Crippen LogP contribution in [-0.2, 0) is 12.3 Å². The molecule has 6 nitrogen and oxygen atoms in total. The molecule has 104 valence electrons. The number of aromatic nitrogens is 3. The first-order valence-electron chi connectivity index (χ1n) is 5.99. The Hall–Kier alpha value is -2.15. The Balaban J connectivity index is 2.17. The number of nitrogens with zero attached hydrogens (tertiary/aromatic N) is 4. The lowest BCUT2D eigenvalue weighted by Gasteiger charge is -2.05. The highest BCUT2D eigenvalue weighted by Crippen LogP contribution is 2.27. The summed E-state index contributed by atoms with van der Waals surface area (Å²) in [6, 6.07) is 6.72. The van der Waals surface area contributed by atoms with Gasteiger partial charge in [0.2, 0.25) is 0 Å². The molecule has 1 aromatic carbocycles. The number of hydrogen-bond donors (Lipinski definition) is 0. The molecule has 0 fully saturated rings. The summed E-state index contributed by atoms with van der Waals surface area (Å²) in [7, 11) is 0. The number of aryl methyl sites for hydroxylation is 1. The molecular formula is C13H14N4O2S. The van der Waals surface area contributed by atoms with Crippen LogP contribution in [0.1, 0.15) is 11.4 Å². The molecule has 0 aliphatic heterocycles. The summed E-state index contributed by atoms with van der Waals surface area (Å²) in [5, 5.41) is 19.8. The van der Waals surface area contributed by atoms with Crippen LogP contribution in [0.15, 0.2) is 42.1 Å². The first-order valence-corrected chi connectivity index (χ1v) is 6.98. The number of nitro groups is 1. The summed E-state index contributed by atoms with van der Waals surface area (Å²) >= 11 is 1.43. The summed E-state index contributed by atoms with van der Waals surface area (Å²) in [6.45, 7) is 6.19. The van der Waals surface area contributed by atoms with Gasteiger partial charge >= 0.3 is 0 Å². The first kappa shape index (κ1) is 14.3. The Morgan fingerprint density at radius 2 is 2.20 bits per heavy atom. The quantitative estimate of drug-likeness (QED) is 0.354. The second kappa shape index (κ2) is 6.33. The van der Waals surface area contributed by atoms with Gasteiger partial charge in [-0.25, -0.2) is 0 Å². The second-order valence-corrected chi connectivity index (χ2v) is 5.05. The highest BCUT2D eigenvalue weighted by atomic mass is 32.2. The lowest BCUT2D eigenvalue weighted by molar-refractivity contribution is -0.385. The number of para-hydroxylation sites is 1. The van der Waals surface area contributed by atoms with Gasteiger partial charge in [-0.2, -0.15) is 0 Å². The molecule has 0 bridgehead atoms. The predicted molar refractivity (Wildman–Crippen MR) is 77.6 cm³/mol. The van der Waals surface area contributed by atoms with Crippen LogP contribution in [0.4, 0.5) is 5.69 Å². The maximum Gasteiger partial charge on any atom is 0.273 e. The number of rotatable bonds is 6. The van der Waals surface area contributed by atoms with Crippen molar-refractivity contribution < 1.29 is 4.92 Å². The van der Waals surface area contributed by atoms with Gasteiger partial charge in [0.25, 0.3) is 5.69 Å². The average molecular weight is 290 g/mol. The van der Waals surface area contributed by atoms with Crippen LogP contribution in [0.25, 0.3) is 0 Å². The van der Waals surface area contributed by atoms with E-state index in [1.807, 2.05) is 11.5 Å². The highest BCUT2D eigenvalue weighted by Gasteiger charge is 2.14. The number of hydrogen-bond acceptors (Lipinski definition) is 5. The van der Waals surface area contributed by atoms with E-state index in [1.165, 1.54) is 17.8 Å². The van der Waals surface area contributed by atoms with E-state index < -0.39 is 0 Å². The van der Waals surface area contributed by atoms with Crippen molar-refractivity contribution in [1.29, 1.82) is 0 Å². The fourth-order valence-corrected chi connectivity index (χ4v) is 2.75. The smallest absolute Gasteiger partial charge is 0.273 e. The Morgan fingerprint density at radius 3 is 2.90 bits per heavy atom. The maximum absolute atomic E-state index is 11.0. The number of allylic oxidation sites excluding steroid dienone is 1. The minimum absolute atomic E-state index is 0.131. The number of nitro benzene ring substituents is 1. The predicted octanol–water partition coefficient (Wildman–Crippen LogP) is 2.97. The molecule has 0 spiro atoms. The van der Waals surface area contributed by atoms with E-state index in [9.17, 15) is 10.1 Å². The molecule has 0 aliphatic carbocycles. The zero-order valence-corrected chi connectivity index (χ0v) is 11.8. The zero-order chi connectivity index (χ0) is 14.5. The van der Waals surface area contributed by atoms with E-state index in [-0.39, 0.29) is 10.6 Å². The minimum Gasteiger partial charge on any atom is -0.302 e. The third kappa shape index (κ3) is 3.05.